The average molecular weight is 240 g/mol. The number of aliphatic hydroxyl groups excluding tert-OH is 1. The van der Waals surface area contributed by atoms with Crippen molar-refractivity contribution in [2.24, 2.45) is 0 Å². The number of hydrogen-bond donors (Lipinski definition) is 1. The van der Waals surface area contributed by atoms with Crippen molar-refractivity contribution in [3.05, 3.63) is 28.8 Å². The first kappa shape index (κ1) is 11.7. The maximum Gasteiger partial charge on any atom is 0.0762 e. The van der Waals surface area contributed by atoms with Crippen molar-refractivity contribution in [3.63, 3.8) is 0 Å². The van der Waals surface area contributed by atoms with Gasteiger partial charge in [0.05, 0.1) is 16.8 Å². The van der Waals surface area contributed by atoms with Crippen molar-refractivity contribution in [2.75, 3.05) is 11.4 Å². The SMILES string of the molecule is CC1CCCN1c1ccc([C@H](C)O)cc1Cl. The molecule has 1 aromatic carbocycles. The Morgan fingerprint density at radius 3 is 2.75 bits per heavy atom. The van der Waals surface area contributed by atoms with Gasteiger partial charge in [0.25, 0.3) is 0 Å². The Labute approximate surface area is 102 Å². The first-order valence-electron chi connectivity index (χ1n) is 5.83. The third-order valence-electron chi connectivity index (χ3n) is 3.32. The van der Waals surface area contributed by atoms with Gasteiger partial charge in [0.15, 0.2) is 0 Å². The molecule has 88 valence electrons. The molecule has 1 aromatic rings. The highest BCUT2D eigenvalue weighted by atomic mass is 35.5. The highest BCUT2D eigenvalue weighted by Crippen LogP contribution is 2.33. The summed E-state index contributed by atoms with van der Waals surface area (Å²) in [6.07, 6.45) is 2.01. The summed E-state index contributed by atoms with van der Waals surface area (Å²) in [6.45, 7) is 5.06. The molecule has 1 fully saturated rings. The molecule has 3 heteroatoms. The third-order valence-corrected chi connectivity index (χ3v) is 3.62. The molecule has 16 heavy (non-hydrogen) atoms. The van der Waals surface area contributed by atoms with Gasteiger partial charge < -0.3 is 10.0 Å². The molecule has 1 saturated heterocycles. The van der Waals surface area contributed by atoms with E-state index in [2.05, 4.69) is 11.8 Å². The maximum atomic E-state index is 9.48. The van der Waals surface area contributed by atoms with Crippen LogP contribution in [0.15, 0.2) is 18.2 Å². The zero-order valence-electron chi connectivity index (χ0n) is 9.78. The molecule has 1 N–H and O–H groups in total. The van der Waals surface area contributed by atoms with Crippen LogP contribution in [0.5, 0.6) is 0 Å². The van der Waals surface area contributed by atoms with Gasteiger partial charge in [0, 0.05) is 12.6 Å². The Balaban J connectivity index is 2.28. The third kappa shape index (κ3) is 2.18. The molecule has 0 saturated carbocycles. The summed E-state index contributed by atoms with van der Waals surface area (Å²) in [6, 6.07) is 6.41. The Hall–Kier alpha value is -0.730. The first-order chi connectivity index (χ1) is 7.59. The van der Waals surface area contributed by atoms with E-state index in [1.807, 2.05) is 18.2 Å². The summed E-state index contributed by atoms with van der Waals surface area (Å²) in [4.78, 5) is 2.34. The minimum absolute atomic E-state index is 0.456. The molecule has 1 heterocycles. The smallest absolute Gasteiger partial charge is 0.0762 e. The molecular formula is C13H18ClNO. The Morgan fingerprint density at radius 1 is 1.50 bits per heavy atom. The van der Waals surface area contributed by atoms with Gasteiger partial charge in [-0.1, -0.05) is 17.7 Å². The highest BCUT2D eigenvalue weighted by molar-refractivity contribution is 6.33. The fourth-order valence-corrected chi connectivity index (χ4v) is 2.60. The van der Waals surface area contributed by atoms with Crippen LogP contribution >= 0.6 is 11.6 Å². The molecule has 0 aliphatic carbocycles. The lowest BCUT2D eigenvalue weighted by Crippen LogP contribution is -2.26. The molecule has 1 aliphatic heterocycles. The predicted octanol–water partition coefficient (Wildman–Crippen LogP) is 3.38. The van der Waals surface area contributed by atoms with E-state index in [1.54, 1.807) is 6.92 Å². The number of benzene rings is 1. The normalized spacial score (nSPS) is 22.5. The minimum atomic E-state index is -0.456. The molecule has 0 aromatic heterocycles. The van der Waals surface area contributed by atoms with Gasteiger partial charge in [0.2, 0.25) is 0 Å². The van der Waals surface area contributed by atoms with E-state index in [1.165, 1.54) is 12.8 Å². The Bertz CT molecular complexity index is 378. The van der Waals surface area contributed by atoms with Crippen LogP contribution in [0, 0.1) is 0 Å². The van der Waals surface area contributed by atoms with E-state index in [4.69, 9.17) is 11.6 Å². The maximum absolute atomic E-state index is 9.48. The average Bonchev–Trinajstić information content (AvgIpc) is 2.64. The number of rotatable bonds is 2. The largest absolute Gasteiger partial charge is 0.389 e. The van der Waals surface area contributed by atoms with Crippen LogP contribution in [0.4, 0.5) is 5.69 Å². The molecule has 0 spiro atoms. The molecule has 1 aliphatic rings. The van der Waals surface area contributed by atoms with Crippen molar-refractivity contribution >= 4 is 17.3 Å². The number of hydrogen-bond acceptors (Lipinski definition) is 2. The quantitative estimate of drug-likeness (QED) is 0.855. The molecule has 0 radical (unpaired) electrons. The lowest BCUT2D eigenvalue weighted by molar-refractivity contribution is 0.199. The Morgan fingerprint density at radius 2 is 2.25 bits per heavy atom. The monoisotopic (exact) mass is 239 g/mol. The van der Waals surface area contributed by atoms with Crippen molar-refractivity contribution in [1.82, 2.24) is 0 Å². The number of nitrogens with zero attached hydrogens (tertiary/aromatic N) is 1. The van der Waals surface area contributed by atoms with E-state index < -0.39 is 6.10 Å². The second-order valence-corrected chi connectivity index (χ2v) is 4.98. The van der Waals surface area contributed by atoms with Gasteiger partial charge in [0.1, 0.15) is 0 Å². The van der Waals surface area contributed by atoms with Gasteiger partial charge in [-0.15, -0.1) is 0 Å². The number of aliphatic hydroxyl groups is 1. The van der Waals surface area contributed by atoms with E-state index in [0.717, 1.165) is 22.8 Å². The summed E-state index contributed by atoms with van der Waals surface area (Å²) in [5.74, 6) is 0. The van der Waals surface area contributed by atoms with Crippen LogP contribution in [0.2, 0.25) is 5.02 Å². The van der Waals surface area contributed by atoms with E-state index in [-0.39, 0.29) is 0 Å². The summed E-state index contributed by atoms with van der Waals surface area (Å²) >= 11 is 6.27. The predicted molar refractivity (Wildman–Crippen MR) is 68.1 cm³/mol. The summed E-state index contributed by atoms with van der Waals surface area (Å²) < 4.78 is 0. The van der Waals surface area contributed by atoms with Gasteiger partial charge >= 0.3 is 0 Å². The second kappa shape index (κ2) is 4.64. The van der Waals surface area contributed by atoms with Crippen molar-refractivity contribution in [1.29, 1.82) is 0 Å². The molecule has 1 unspecified atom stereocenters. The van der Waals surface area contributed by atoms with Crippen LogP contribution in [-0.2, 0) is 0 Å². The van der Waals surface area contributed by atoms with Gasteiger partial charge in [-0.25, -0.2) is 0 Å². The number of anilines is 1. The topological polar surface area (TPSA) is 23.5 Å². The summed E-state index contributed by atoms with van der Waals surface area (Å²) in [7, 11) is 0. The minimum Gasteiger partial charge on any atom is -0.389 e. The number of halogens is 1. The van der Waals surface area contributed by atoms with Crippen molar-refractivity contribution in [2.45, 2.75) is 38.8 Å². The van der Waals surface area contributed by atoms with E-state index >= 15 is 0 Å². The zero-order valence-corrected chi connectivity index (χ0v) is 10.5. The molecule has 0 amide bonds. The molecule has 0 bridgehead atoms. The molecule has 2 atom stereocenters. The van der Waals surface area contributed by atoms with Crippen LogP contribution in [0.3, 0.4) is 0 Å². The van der Waals surface area contributed by atoms with Gasteiger partial charge in [-0.05, 0) is 44.4 Å². The summed E-state index contributed by atoms with van der Waals surface area (Å²) in [5.41, 5.74) is 1.97. The lowest BCUT2D eigenvalue weighted by atomic mass is 10.1. The Kier molecular flexibility index (Phi) is 3.41. The van der Waals surface area contributed by atoms with Crippen LogP contribution < -0.4 is 4.90 Å². The fraction of sp³-hybridized carbons (Fsp3) is 0.538. The molecule has 2 rings (SSSR count). The first-order valence-corrected chi connectivity index (χ1v) is 6.21. The second-order valence-electron chi connectivity index (χ2n) is 4.57. The van der Waals surface area contributed by atoms with Crippen LogP contribution in [0.1, 0.15) is 38.4 Å². The van der Waals surface area contributed by atoms with Crippen molar-refractivity contribution in [3.8, 4) is 0 Å². The lowest BCUT2D eigenvalue weighted by Gasteiger charge is -2.25. The van der Waals surface area contributed by atoms with Crippen LogP contribution in [-0.4, -0.2) is 17.7 Å². The molecule has 2 nitrogen and oxygen atoms in total. The van der Waals surface area contributed by atoms with Crippen molar-refractivity contribution < 1.29 is 5.11 Å². The van der Waals surface area contributed by atoms with Gasteiger partial charge in [-0.2, -0.15) is 0 Å². The fourth-order valence-electron chi connectivity index (χ4n) is 2.31. The van der Waals surface area contributed by atoms with Crippen LogP contribution in [0.25, 0.3) is 0 Å². The standard InChI is InChI=1S/C13H18ClNO/c1-9-4-3-7-15(9)13-6-5-11(10(2)16)8-12(13)14/h5-6,8-10,16H,3-4,7H2,1-2H3/t9?,10-/m0/s1. The summed E-state index contributed by atoms with van der Waals surface area (Å²) in [5, 5.41) is 10.2. The zero-order chi connectivity index (χ0) is 11.7. The highest BCUT2D eigenvalue weighted by Gasteiger charge is 2.22. The molecular weight excluding hydrogens is 222 g/mol. The van der Waals surface area contributed by atoms with E-state index in [9.17, 15) is 5.11 Å². The van der Waals surface area contributed by atoms with Gasteiger partial charge in [-0.3, -0.25) is 0 Å². The van der Waals surface area contributed by atoms with E-state index in [0.29, 0.717) is 6.04 Å².